The van der Waals surface area contributed by atoms with Gasteiger partial charge in [0.25, 0.3) is 0 Å². The number of hydrogen-bond acceptors (Lipinski definition) is 4. The van der Waals surface area contributed by atoms with Crippen molar-refractivity contribution in [1.29, 1.82) is 0 Å². The molecule has 0 aromatic heterocycles. The lowest BCUT2D eigenvalue weighted by molar-refractivity contribution is -0.132. The summed E-state index contributed by atoms with van der Waals surface area (Å²) in [5.74, 6) is 0.805. The topological polar surface area (TPSA) is 61.6 Å². The minimum absolute atomic E-state index is 0.152. The molecule has 18 heavy (non-hydrogen) atoms. The molecular formula is C13H26N4O. The summed E-state index contributed by atoms with van der Waals surface area (Å²) in [6.45, 7) is 6.03. The minimum atomic E-state index is 0.152. The SMILES string of the molecule is CC1CC(C(=O)NN2CCN(C)CC2)CCC1N. The highest BCUT2D eigenvalue weighted by Gasteiger charge is 2.30. The molecule has 1 heterocycles. The van der Waals surface area contributed by atoms with E-state index in [4.69, 9.17) is 5.73 Å². The Hall–Kier alpha value is -0.650. The summed E-state index contributed by atoms with van der Waals surface area (Å²) < 4.78 is 0. The van der Waals surface area contributed by atoms with Crippen molar-refractivity contribution in [2.75, 3.05) is 33.2 Å². The number of piperazine rings is 1. The van der Waals surface area contributed by atoms with Crippen LogP contribution < -0.4 is 11.2 Å². The van der Waals surface area contributed by atoms with Crippen LogP contribution in [0.15, 0.2) is 0 Å². The van der Waals surface area contributed by atoms with Gasteiger partial charge in [-0.15, -0.1) is 0 Å². The van der Waals surface area contributed by atoms with E-state index in [1.807, 2.05) is 0 Å². The van der Waals surface area contributed by atoms with Gasteiger partial charge in [0, 0.05) is 38.1 Å². The Balaban J connectivity index is 1.78. The van der Waals surface area contributed by atoms with Crippen molar-refractivity contribution in [1.82, 2.24) is 15.3 Å². The van der Waals surface area contributed by atoms with Crippen molar-refractivity contribution in [3.05, 3.63) is 0 Å². The van der Waals surface area contributed by atoms with Crippen LogP contribution in [0.4, 0.5) is 0 Å². The molecule has 0 spiro atoms. The van der Waals surface area contributed by atoms with E-state index in [2.05, 4.69) is 29.3 Å². The van der Waals surface area contributed by atoms with Crippen LogP contribution in [0, 0.1) is 11.8 Å². The van der Waals surface area contributed by atoms with Gasteiger partial charge in [0.05, 0.1) is 0 Å². The monoisotopic (exact) mass is 254 g/mol. The van der Waals surface area contributed by atoms with Crippen molar-refractivity contribution in [2.45, 2.75) is 32.2 Å². The summed E-state index contributed by atoms with van der Waals surface area (Å²) in [5, 5.41) is 2.06. The minimum Gasteiger partial charge on any atom is -0.327 e. The lowest BCUT2D eigenvalue weighted by Crippen LogP contribution is -2.54. The summed E-state index contributed by atoms with van der Waals surface area (Å²) in [5.41, 5.74) is 9.06. The van der Waals surface area contributed by atoms with E-state index in [0.29, 0.717) is 5.92 Å². The van der Waals surface area contributed by atoms with Crippen molar-refractivity contribution in [3.63, 3.8) is 0 Å². The number of amides is 1. The van der Waals surface area contributed by atoms with Gasteiger partial charge >= 0.3 is 0 Å². The molecule has 0 bridgehead atoms. The smallest absolute Gasteiger partial charge is 0.237 e. The third-order valence-electron chi connectivity index (χ3n) is 4.38. The van der Waals surface area contributed by atoms with Crippen LogP contribution in [0.2, 0.25) is 0 Å². The molecule has 3 atom stereocenters. The maximum absolute atomic E-state index is 12.2. The van der Waals surface area contributed by atoms with Crippen LogP contribution in [0.5, 0.6) is 0 Å². The fraction of sp³-hybridized carbons (Fsp3) is 0.923. The Morgan fingerprint density at radius 1 is 1.22 bits per heavy atom. The van der Waals surface area contributed by atoms with Crippen molar-refractivity contribution in [2.24, 2.45) is 17.6 Å². The quantitative estimate of drug-likeness (QED) is 0.730. The van der Waals surface area contributed by atoms with Gasteiger partial charge in [-0.2, -0.15) is 0 Å². The van der Waals surface area contributed by atoms with Gasteiger partial charge in [0.1, 0.15) is 0 Å². The van der Waals surface area contributed by atoms with E-state index in [9.17, 15) is 4.79 Å². The molecule has 1 aliphatic heterocycles. The highest BCUT2D eigenvalue weighted by molar-refractivity contribution is 5.78. The van der Waals surface area contributed by atoms with Gasteiger partial charge in [-0.25, -0.2) is 5.01 Å². The first-order valence-corrected chi connectivity index (χ1v) is 7.06. The van der Waals surface area contributed by atoms with E-state index in [1.165, 1.54) is 0 Å². The lowest BCUT2D eigenvalue weighted by atomic mass is 9.79. The summed E-state index contributed by atoms with van der Waals surface area (Å²) in [6.07, 6.45) is 2.84. The van der Waals surface area contributed by atoms with Gasteiger partial charge in [0.2, 0.25) is 5.91 Å². The van der Waals surface area contributed by atoms with Crippen molar-refractivity contribution < 1.29 is 4.79 Å². The number of rotatable bonds is 2. The van der Waals surface area contributed by atoms with E-state index < -0.39 is 0 Å². The van der Waals surface area contributed by atoms with Crippen LogP contribution in [0.25, 0.3) is 0 Å². The maximum Gasteiger partial charge on any atom is 0.237 e. The van der Waals surface area contributed by atoms with Gasteiger partial charge in [-0.3, -0.25) is 10.2 Å². The molecule has 1 aliphatic carbocycles. The zero-order valence-corrected chi connectivity index (χ0v) is 11.6. The van der Waals surface area contributed by atoms with Gasteiger partial charge < -0.3 is 10.6 Å². The molecule has 2 aliphatic rings. The Morgan fingerprint density at radius 2 is 1.89 bits per heavy atom. The number of nitrogens with two attached hydrogens (primary N) is 1. The molecule has 2 rings (SSSR count). The molecule has 0 aromatic rings. The molecule has 3 unspecified atom stereocenters. The molecule has 104 valence electrons. The Morgan fingerprint density at radius 3 is 2.50 bits per heavy atom. The van der Waals surface area contributed by atoms with Crippen LogP contribution >= 0.6 is 0 Å². The first kappa shape index (κ1) is 13.8. The fourth-order valence-electron chi connectivity index (χ4n) is 2.82. The number of nitrogens with zero attached hydrogens (tertiary/aromatic N) is 2. The lowest BCUT2D eigenvalue weighted by Gasteiger charge is -2.35. The molecule has 1 saturated heterocycles. The number of hydrogen-bond donors (Lipinski definition) is 2. The standard InChI is InChI=1S/C13H26N4O/c1-10-9-11(3-4-12(10)14)13(18)15-17-7-5-16(2)6-8-17/h10-12H,3-9,14H2,1-2H3,(H,15,18). The fourth-order valence-corrected chi connectivity index (χ4v) is 2.82. The van der Waals surface area contributed by atoms with Crippen molar-refractivity contribution in [3.8, 4) is 0 Å². The molecule has 1 amide bonds. The molecular weight excluding hydrogens is 228 g/mol. The summed E-state index contributed by atoms with van der Waals surface area (Å²) in [4.78, 5) is 14.5. The number of carbonyl (C=O) groups is 1. The van der Waals surface area contributed by atoms with E-state index in [-0.39, 0.29) is 17.9 Å². The number of carbonyl (C=O) groups excluding carboxylic acids is 1. The second kappa shape index (κ2) is 5.99. The van der Waals surface area contributed by atoms with Crippen LogP contribution in [-0.2, 0) is 4.79 Å². The Labute approximate surface area is 110 Å². The molecule has 5 heteroatoms. The van der Waals surface area contributed by atoms with Crippen molar-refractivity contribution >= 4 is 5.91 Å². The number of hydrazine groups is 1. The van der Waals surface area contributed by atoms with E-state index in [0.717, 1.165) is 45.4 Å². The van der Waals surface area contributed by atoms with Gasteiger partial charge in [0.15, 0.2) is 0 Å². The first-order valence-electron chi connectivity index (χ1n) is 7.06. The average molecular weight is 254 g/mol. The normalized spacial score (nSPS) is 35.4. The molecule has 3 N–H and O–H groups in total. The third kappa shape index (κ3) is 3.43. The highest BCUT2D eigenvalue weighted by Crippen LogP contribution is 2.28. The van der Waals surface area contributed by atoms with Crippen LogP contribution in [0.1, 0.15) is 26.2 Å². The summed E-state index contributed by atoms with van der Waals surface area (Å²) in [7, 11) is 2.11. The molecule has 1 saturated carbocycles. The molecule has 0 radical (unpaired) electrons. The van der Waals surface area contributed by atoms with Crippen LogP contribution in [0.3, 0.4) is 0 Å². The Kier molecular flexibility index (Phi) is 4.59. The largest absolute Gasteiger partial charge is 0.327 e. The maximum atomic E-state index is 12.2. The highest BCUT2D eigenvalue weighted by atomic mass is 16.2. The number of nitrogens with one attached hydrogen (secondary N) is 1. The van der Waals surface area contributed by atoms with Crippen LogP contribution in [-0.4, -0.2) is 55.1 Å². The summed E-state index contributed by atoms with van der Waals surface area (Å²) in [6, 6.07) is 0.276. The predicted molar refractivity (Wildman–Crippen MR) is 71.7 cm³/mol. The molecule has 5 nitrogen and oxygen atoms in total. The first-order chi connectivity index (χ1) is 8.56. The predicted octanol–water partition coefficient (Wildman–Crippen LogP) is 0.0285. The second-order valence-electron chi connectivity index (χ2n) is 5.92. The summed E-state index contributed by atoms with van der Waals surface area (Å²) >= 11 is 0. The third-order valence-corrected chi connectivity index (χ3v) is 4.38. The molecule has 0 aromatic carbocycles. The zero-order chi connectivity index (χ0) is 13.1. The van der Waals surface area contributed by atoms with Gasteiger partial charge in [-0.05, 0) is 32.2 Å². The average Bonchev–Trinajstić information content (AvgIpc) is 2.35. The van der Waals surface area contributed by atoms with E-state index in [1.54, 1.807) is 0 Å². The molecule has 2 fully saturated rings. The number of likely N-dealkylation sites (N-methyl/N-ethyl adjacent to an activating group) is 1. The Bertz CT molecular complexity index is 289. The van der Waals surface area contributed by atoms with Gasteiger partial charge in [-0.1, -0.05) is 6.92 Å². The second-order valence-corrected chi connectivity index (χ2v) is 5.92. The zero-order valence-electron chi connectivity index (χ0n) is 11.6. The van der Waals surface area contributed by atoms with E-state index >= 15 is 0 Å².